The van der Waals surface area contributed by atoms with Crippen molar-refractivity contribution in [1.82, 2.24) is 20.1 Å². The number of halogens is 1. The fourth-order valence-corrected chi connectivity index (χ4v) is 4.64. The van der Waals surface area contributed by atoms with E-state index >= 15 is 0 Å². The molecule has 4 aromatic rings. The number of hydrogen-bond acceptors (Lipinski definition) is 5. The molecule has 3 aromatic heterocycles. The second kappa shape index (κ2) is 6.81. The third kappa shape index (κ3) is 3.23. The smallest absolute Gasteiger partial charge is 0.304 e. The topological polar surface area (TPSA) is 105 Å². The number of nitrogens with one attached hydrogen (secondary N) is 1. The van der Waals surface area contributed by atoms with Crippen LogP contribution in [0.3, 0.4) is 0 Å². The van der Waals surface area contributed by atoms with Crippen LogP contribution in [0.5, 0.6) is 0 Å². The number of fused-ring (bicyclic) bond motifs is 3. The summed E-state index contributed by atoms with van der Waals surface area (Å²) < 4.78 is 6.19. The molecule has 29 heavy (non-hydrogen) atoms. The van der Waals surface area contributed by atoms with Gasteiger partial charge in [0.15, 0.2) is 0 Å². The molecule has 1 atom stereocenters. The van der Waals surface area contributed by atoms with Gasteiger partial charge in [0.2, 0.25) is 5.82 Å². The Kier molecular flexibility index (Phi) is 4.24. The standard InChI is InChI=1S/C21H17BrN4O3/c1-10-6-13(8-17(22)23-10)21-25-20(26-29-21)12-3-5-16-15(7-12)14-4-2-11(9-18(27)28)19(14)24-16/h3,5-8,11,24H,2,4,9H2,1H3,(H,27,28). The van der Waals surface area contributed by atoms with Gasteiger partial charge in [-0.3, -0.25) is 4.79 Å². The predicted molar refractivity (Wildman–Crippen MR) is 111 cm³/mol. The summed E-state index contributed by atoms with van der Waals surface area (Å²) in [6.07, 6.45) is 1.89. The zero-order chi connectivity index (χ0) is 20.1. The van der Waals surface area contributed by atoms with Crippen LogP contribution < -0.4 is 0 Å². The van der Waals surface area contributed by atoms with Crippen molar-refractivity contribution in [3.05, 3.63) is 51.9 Å². The van der Waals surface area contributed by atoms with Crippen LogP contribution >= 0.6 is 15.9 Å². The van der Waals surface area contributed by atoms with Gasteiger partial charge in [0.1, 0.15) is 4.60 Å². The molecule has 0 amide bonds. The fraction of sp³-hybridized carbons (Fsp3) is 0.238. The monoisotopic (exact) mass is 452 g/mol. The van der Waals surface area contributed by atoms with E-state index in [0.29, 0.717) is 16.3 Å². The summed E-state index contributed by atoms with van der Waals surface area (Å²) in [4.78, 5) is 23.4. The zero-order valence-corrected chi connectivity index (χ0v) is 17.2. The minimum Gasteiger partial charge on any atom is -0.481 e. The molecule has 1 aliphatic carbocycles. The molecular formula is C21H17BrN4O3. The first-order valence-corrected chi connectivity index (χ1v) is 10.1. The van der Waals surface area contributed by atoms with E-state index in [2.05, 4.69) is 42.1 Å². The summed E-state index contributed by atoms with van der Waals surface area (Å²) in [5.41, 5.74) is 5.78. The summed E-state index contributed by atoms with van der Waals surface area (Å²) in [6, 6.07) is 9.73. The SMILES string of the molecule is Cc1cc(-c2nc(-c3ccc4[nH]c5c(c4c3)CCC5CC(=O)O)no2)cc(Br)n1. The second-order valence-corrected chi connectivity index (χ2v) is 8.17. The molecule has 5 rings (SSSR count). The normalized spacial score (nSPS) is 15.7. The molecule has 1 aromatic carbocycles. The summed E-state index contributed by atoms with van der Waals surface area (Å²) in [5.74, 6) is 0.234. The molecule has 7 nitrogen and oxygen atoms in total. The third-order valence-corrected chi connectivity index (χ3v) is 5.77. The number of benzene rings is 1. The molecule has 1 aliphatic rings. The van der Waals surface area contributed by atoms with Gasteiger partial charge in [0.05, 0.1) is 6.42 Å². The number of pyridine rings is 1. The summed E-state index contributed by atoms with van der Waals surface area (Å²) in [5, 5.41) is 14.4. The lowest BCUT2D eigenvalue weighted by Crippen LogP contribution is -2.03. The van der Waals surface area contributed by atoms with E-state index in [0.717, 1.165) is 46.3 Å². The van der Waals surface area contributed by atoms with Crippen LogP contribution in [-0.2, 0) is 11.2 Å². The molecular weight excluding hydrogens is 436 g/mol. The number of aromatic amines is 1. The molecule has 8 heteroatoms. The first-order chi connectivity index (χ1) is 14.0. The number of nitrogens with zero attached hydrogens (tertiary/aromatic N) is 3. The van der Waals surface area contributed by atoms with Gasteiger partial charge < -0.3 is 14.6 Å². The Morgan fingerprint density at radius 2 is 2.14 bits per heavy atom. The van der Waals surface area contributed by atoms with E-state index in [-0.39, 0.29) is 12.3 Å². The largest absolute Gasteiger partial charge is 0.481 e. The lowest BCUT2D eigenvalue weighted by Gasteiger charge is -2.05. The summed E-state index contributed by atoms with van der Waals surface area (Å²) in [6.45, 7) is 1.91. The van der Waals surface area contributed by atoms with Gasteiger partial charge in [0.25, 0.3) is 5.89 Å². The Morgan fingerprint density at radius 3 is 2.93 bits per heavy atom. The highest BCUT2D eigenvalue weighted by molar-refractivity contribution is 9.10. The molecule has 146 valence electrons. The van der Waals surface area contributed by atoms with E-state index in [1.807, 2.05) is 31.2 Å². The molecule has 3 heterocycles. The number of carboxylic acids is 1. The van der Waals surface area contributed by atoms with Gasteiger partial charge in [-0.25, -0.2) is 4.98 Å². The second-order valence-electron chi connectivity index (χ2n) is 7.35. The zero-order valence-electron chi connectivity index (χ0n) is 15.6. The first-order valence-electron chi connectivity index (χ1n) is 9.33. The molecule has 0 spiro atoms. The van der Waals surface area contributed by atoms with Crippen molar-refractivity contribution in [1.29, 1.82) is 0 Å². The molecule has 0 saturated carbocycles. The number of aryl methyl sites for hydroxylation is 2. The number of H-pyrrole nitrogens is 1. The number of carboxylic acid groups (broad SMARTS) is 1. The molecule has 2 N–H and O–H groups in total. The lowest BCUT2D eigenvalue weighted by atomic mass is 10.0. The quantitative estimate of drug-likeness (QED) is 0.428. The average molecular weight is 453 g/mol. The fourth-order valence-electron chi connectivity index (χ4n) is 4.11. The molecule has 1 unspecified atom stereocenters. The molecule has 0 bridgehead atoms. The van der Waals surface area contributed by atoms with Crippen molar-refractivity contribution >= 4 is 32.8 Å². The third-order valence-electron chi connectivity index (χ3n) is 5.36. The van der Waals surface area contributed by atoms with Crippen LogP contribution in [0, 0.1) is 6.92 Å². The maximum absolute atomic E-state index is 11.1. The lowest BCUT2D eigenvalue weighted by molar-refractivity contribution is -0.137. The molecule has 0 aliphatic heterocycles. The van der Waals surface area contributed by atoms with Gasteiger partial charge in [-0.15, -0.1) is 0 Å². The Bertz CT molecular complexity index is 1240. The van der Waals surface area contributed by atoms with Crippen molar-refractivity contribution in [2.45, 2.75) is 32.1 Å². The first kappa shape index (κ1) is 18.1. The van der Waals surface area contributed by atoms with Crippen LogP contribution in [0.15, 0.2) is 39.5 Å². The van der Waals surface area contributed by atoms with Gasteiger partial charge >= 0.3 is 5.97 Å². The number of carbonyl (C=O) groups is 1. The van der Waals surface area contributed by atoms with Crippen LogP contribution in [0.4, 0.5) is 0 Å². The Labute approximate surface area is 174 Å². The van der Waals surface area contributed by atoms with Gasteiger partial charge in [0, 0.05) is 39.3 Å². The Hall–Kier alpha value is -3.00. The molecule has 0 saturated heterocycles. The number of rotatable bonds is 4. The van der Waals surface area contributed by atoms with Gasteiger partial charge in [-0.2, -0.15) is 4.98 Å². The molecule has 0 fully saturated rings. The van der Waals surface area contributed by atoms with E-state index < -0.39 is 5.97 Å². The van der Waals surface area contributed by atoms with Crippen LogP contribution in [0.2, 0.25) is 0 Å². The highest BCUT2D eigenvalue weighted by atomic mass is 79.9. The maximum atomic E-state index is 11.1. The van der Waals surface area contributed by atoms with Crippen LogP contribution in [-0.4, -0.2) is 31.2 Å². The minimum absolute atomic E-state index is 0.0449. The average Bonchev–Trinajstić information content (AvgIpc) is 3.36. The van der Waals surface area contributed by atoms with Crippen molar-refractivity contribution in [3.63, 3.8) is 0 Å². The number of aromatic nitrogens is 4. The van der Waals surface area contributed by atoms with Crippen LogP contribution in [0.1, 0.15) is 35.7 Å². The van der Waals surface area contributed by atoms with E-state index in [1.54, 1.807) is 0 Å². The van der Waals surface area contributed by atoms with Crippen molar-refractivity contribution < 1.29 is 14.4 Å². The molecule has 0 radical (unpaired) electrons. The van der Waals surface area contributed by atoms with E-state index in [1.165, 1.54) is 5.56 Å². The number of aliphatic carboxylic acids is 1. The highest BCUT2D eigenvalue weighted by Crippen LogP contribution is 2.40. The number of hydrogen-bond donors (Lipinski definition) is 2. The Balaban J connectivity index is 1.52. The van der Waals surface area contributed by atoms with Gasteiger partial charge in [-0.1, -0.05) is 5.16 Å². The predicted octanol–water partition coefficient (Wildman–Crippen LogP) is 4.86. The van der Waals surface area contributed by atoms with Crippen molar-refractivity contribution in [2.75, 3.05) is 0 Å². The Morgan fingerprint density at radius 1 is 1.28 bits per heavy atom. The maximum Gasteiger partial charge on any atom is 0.304 e. The van der Waals surface area contributed by atoms with E-state index in [9.17, 15) is 4.79 Å². The summed E-state index contributed by atoms with van der Waals surface area (Å²) in [7, 11) is 0. The van der Waals surface area contributed by atoms with Crippen molar-refractivity contribution in [2.24, 2.45) is 0 Å². The van der Waals surface area contributed by atoms with Gasteiger partial charge in [-0.05, 0) is 71.6 Å². The highest BCUT2D eigenvalue weighted by Gasteiger charge is 2.28. The van der Waals surface area contributed by atoms with Crippen LogP contribution in [0.25, 0.3) is 33.7 Å². The van der Waals surface area contributed by atoms with E-state index in [4.69, 9.17) is 9.63 Å². The van der Waals surface area contributed by atoms with Crippen molar-refractivity contribution in [3.8, 4) is 22.8 Å². The minimum atomic E-state index is -0.764. The summed E-state index contributed by atoms with van der Waals surface area (Å²) >= 11 is 3.39.